The second-order valence-electron chi connectivity index (χ2n) is 5.49. The zero-order valence-electron chi connectivity index (χ0n) is 11.4. The summed E-state index contributed by atoms with van der Waals surface area (Å²) in [4.78, 5) is 22.1. The van der Waals surface area contributed by atoms with Crippen LogP contribution < -0.4 is 10.8 Å². The number of hydrogen-bond acceptors (Lipinski definition) is 6. The SMILES string of the molecule is CNCC1C2CN(C3=NC=C(C(=O)NO)CC=N3)CC12. The van der Waals surface area contributed by atoms with Crippen LogP contribution in [0.25, 0.3) is 0 Å². The zero-order valence-corrected chi connectivity index (χ0v) is 11.4. The molecule has 20 heavy (non-hydrogen) atoms. The van der Waals surface area contributed by atoms with Gasteiger partial charge in [-0.05, 0) is 31.3 Å². The molecule has 0 radical (unpaired) electrons. The summed E-state index contributed by atoms with van der Waals surface area (Å²) in [6.07, 6.45) is 3.54. The maximum absolute atomic E-state index is 11.3. The van der Waals surface area contributed by atoms with Crippen molar-refractivity contribution >= 4 is 18.1 Å². The number of hydroxylamine groups is 1. The van der Waals surface area contributed by atoms with Crippen molar-refractivity contribution in [2.24, 2.45) is 27.7 Å². The number of likely N-dealkylation sites (tertiary alicyclic amines) is 1. The Kier molecular flexibility index (Phi) is 3.54. The molecule has 7 heteroatoms. The van der Waals surface area contributed by atoms with Crippen molar-refractivity contribution in [1.29, 1.82) is 0 Å². The summed E-state index contributed by atoms with van der Waals surface area (Å²) in [5.41, 5.74) is 2.03. The Hall–Kier alpha value is -1.73. The molecule has 0 aromatic carbocycles. The second kappa shape index (κ2) is 5.34. The van der Waals surface area contributed by atoms with Gasteiger partial charge in [0.25, 0.3) is 5.91 Å². The molecule has 3 aliphatic rings. The molecule has 2 unspecified atom stereocenters. The Morgan fingerprint density at radius 1 is 1.50 bits per heavy atom. The molecular formula is C13H19N5O2. The predicted molar refractivity (Wildman–Crippen MR) is 74.5 cm³/mol. The van der Waals surface area contributed by atoms with Crippen LogP contribution in [0.4, 0.5) is 0 Å². The first kappa shape index (κ1) is 13.3. The Balaban J connectivity index is 1.63. The van der Waals surface area contributed by atoms with Crippen LogP contribution in [0.1, 0.15) is 6.42 Å². The molecule has 3 N–H and O–H groups in total. The summed E-state index contributed by atoms with van der Waals surface area (Å²) >= 11 is 0. The highest BCUT2D eigenvalue weighted by Crippen LogP contribution is 2.51. The first-order valence-corrected chi connectivity index (χ1v) is 6.88. The number of aliphatic imine (C=N–C) groups is 2. The van der Waals surface area contributed by atoms with Gasteiger partial charge in [0, 0.05) is 37.5 Å². The van der Waals surface area contributed by atoms with E-state index in [1.165, 1.54) is 6.20 Å². The molecule has 0 spiro atoms. The standard InChI is InChI=1S/C13H19N5O2/c1-14-5-9-10-6-18(7-11(9)10)13-15-3-2-8(4-16-13)12(19)17-20/h3-4,9-11,14,20H,2,5-7H2,1H3,(H,17,19). The van der Waals surface area contributed by atoms with E-state index >= 15 is 0 Å². The smallest absolute Gasteiger partial charge is 0.272 e. The molecule has 1 amide bonds. The summed E-state index contributed by atoms with van der Waals surface area (Å²) < 4.78 is 0. The van der Waals surface area contributed by atoms with Crippen LogP contribution in [0.5, 0.6) is 0 Å². The predicted octanol–water partition coefficient (Wildman–Crippen LogP) is -0.397. The molecule has 7 nitrogen and oxygen atoms in total. The number of nitrogens with one attached hydrogen (secondary N) is 2. The van der Waals surface area contributed by atoms with Gasteiger partial charge in [-0.1, -0.05) is 0 Å². The molecular weight excluding hydrogens is 258 g/mol. The first-order valence-electron chi connectivity index (χ1n) is 6.88. The number of amides is 1. The van der Waals surface area contributed by atoms with Crippen LogP contribution in [-0.2, 0) is 4.79 Å². The minimum Gasteiger partial charge on any atom is -0.340 e. The van der Waals surface area contributed by atoms with E-state index in [1.807, 2.05) is 7.05 Å². The van der Waals surface area contributed by atoms with Crippen molar-refractivity contribution in [2.75, 3.05) is 26.7 Å². The lowest BCUT2D eigenvalue weighted by Gasteiger charge is -2.20. The highest BCUT2D eigenvalue weighted by molar-refractivity contribution is 5.99. The molecule has 0 aromatic heterocycles. The fourth-order valence-electron chi connectivity index (χ4n) is 3.18. The van der Waals surface area contributed by atoms with Gasteiger partial charge >= 0.3 is 0 Å². The average molecular weight is 277 g/mol. The maximum atomic E-state index is 11.3. The van der Waals surface area contributed by atoms with Gasteiger partial charge in [-0.2, -0.15) is 0 Å². The summed E-state index contributed by atoms with van der Waals surface area (Å²) in [5, 5.41) is 11.9. The quantitative estimate of drug-likeness (QED) is 0.484. The zero-order chi connectivity index (χ0) is 14.1. The van der Waals surface area contributed by atoms with Gasteiger partial charge in [-0.15, -0.1) is 0 Å². The Bertz CT molecular complexity index is 487. The first-order chi connectivity index (χ1) is 9.74. The lowest BCUT2D eigenvalue weighted by molar-refractivity contribution is -0.125. The van der Waals surface area contributed by atoms with E-state index in [4.69, 9.17) is 5.21 Å². The van der Waals surface area contributed by atoms with Crippen LogP contribution in [-0.4, -0.2) is 54.9 Å². The highest BCUT2D eigenvalue weighted by Gasteiger charge is 2.55. The molecule has 0 bridgehead atoms. The molecule has 2 heterocycles. The topological polar surface area (TPSA) is 89.3 Å². The number of guanidine groups is 1. The lowest BCUT2D eigenvalue weighted by atomic mass is 10.2. The van der Waals surface area contributed by atoms with E-state index in [0.717, 1.165) is 37.4 Å². The molecule has 2 aliphatic heterocycles. The van der Waals surface area contributed by atoms with Crippen LogP contribution in [0.3, 0.4) is 0 Å². The van der Waals surface area contributed by atoms with Crippen molar-refractivity contribution in [2.45, 2.75) is 6.42 Å². The normalized spacial score (nSPS) is 31.3. The van der Waals surface area contributed by atoms with Gasteiger partial charge in [-0.3, -0.25) is 10.0 Å². The van der Waals surface area contributed by atoms with E-state index in [1.54, 1.807) is 11.7 Å². The number of piperidine rings is 1. The molecule has 1 saturated carbocycles. The second-order valence-corrected chi connectivity index (χ2v) is 5.49. The van der Waals surface area contributed by atoms with Crippen LogP contribution in [0.15, 0.2) is 21.8 Å². The van der Waals surface area contributed by atoms with Crippen molar-refractivity contribution in [3.8, 4) is 0 Å². The van der Waals surface area contributed by atoms with Crippen LogP contribution in [0, 0.1) is 17.8 Å². The Labute approximate surface area is 117 Å². The number of fused-ring (bicyclic) bond motifs is 1. The Morgan fingerprint density at radius 2 is 2.25 bits per heavy atom. The number of carbonyl (C=O) groups excluding carboxylic acids is 1. The number of hydrogen-bond donors (Lipinski definition) is 3. The fraction of sp³-hybridized carbons (Fsp3) is 0.615. The van der Waals surface area contributed by atoms with Gasteiger partial charge in [0.05, 0.1) is 0 Å². The van der Waals surface area contributed by atoms with E-state index in [0.29, 0.717) is 18.0 Å². The summed E-state index contributed by atoms with van der Waals surface area (Å²) in [6.45, 7) is 3.06. The third-order valence-electron chi connectivity index (χ3n) is 4.34. The molecule has 1 aliphatic carbocycles. The maximum Gasteiger partial charge on any atom is 0.272 e. The van der Waals surface area contributed by atoms with E-state index in [2.05, 4.69) is 20.2 Å². The minimum atomic E-state index is -0.528. The van der Waals surface area contributed by atoms with E-state index in [-0.39, 0.29) is 0 Å². The third kappa shape index (κ3) is 2.34. The largest absolute Gasteiger partial charge is 0.340 e. The molecule has 0 aromatic rings. The lowest BCUT2D eigenvalue weighted by Crippen LogP contribution is -2.31. The molecule has 2 fully saturated rings. The van der Waals surface area contributed by atoms with Crippen molar-refractivity contribution in [3.05, 3.63) is 11.8 Å². The number of rotatable bonds is 3. The fourth-order valence-corrected chi connectivity index (χ4v) is 3.18. The summed E-state index contributed by atoms with van der Waals surface area (Å²) in [5.74, 6) is 2.42. The average Bonchev–Trinajstić information content (AvgIpc) is 3.01. The van der Waals surface area contributed by atoms with Crippen molar-refractivity contribution in [3.63, 3.8) is 0 Å². The van der Waals surface area contributed by atoms with Gasteiger partial charge in [0.2, 0.25) is 5.96 Å². The van der Waals surface area contributed by atoms with Gasteiger partial charge in [-0.25, -0.2) is 15.5 Å². The molecule has 3 rings (SSSR count). The van der Waals surface area contributed by atoms with Crippen molar-refractivity contribution in [1.82, 2.24) is 15.7 Å². The molecule has 2 atom stereocenters. The third-order valence-corrected chi connectivity index (χ3v) is 4.34. The molecule has 108 valence electrons. The molecule has 1 saturated heterocycles. The minimum absolute atomic E-state index is 0.377. The van der Waals surface area contributed by atoms with Gasteiger partial charge < -0.3 is 10.2 Å². The number of carbonyl (C=O) groups is 1. The van der Waals surface area contributed by atoms with Gasteiger partial charge in [0.1, 0.15) is 0 Å². The summed E-state index contributed by atoms with van der Waals surface area (Å²) in [6, 6.07) is 0. The number of nitrogens with zero attached hydrogens (tertiary/aromatic N) is 3. The van der Waals surface area contributed by atoms with E-state index < -0.39 is 5.91 Å². The summed E-state index contributed by atoms with van der Waals surface area (Å²) in [7, 11) is 1.99. The Morgan fingerprint density at radius 3 is 2.90 bits per heavy atom. The van der Waals surface area contributed by atoms with Crippen LogP contribution >= 0.6 is 0 Å². The van der Waals surface area contributed by atoms with Crippen molar-refractivity contribution < 1.29 is 10.0 Å². The highest BCUT2D eigenvalue weighted by atomic mass is 16.5. The monoisotopic (exact) mass is 277 g/mol. The van der Waals surface area contributed by atoms with E-state index in [9.17, 15) is 4.79 Å². The van der Waals surface area contributed by atoms with Crippen LogP contribution in [0.2, 0.25) is 0 Å². The van der Waals surface area contributed by atoms with Gasteiger partial charge in [0.15, 0.2) is 0 Å².